The van der Waals surface area contributed by atoms with Gasteiger partial charge in [-0.2, -0.15) is 0 Å². The van der Waals surface area contributed by atoms with E-state index in [1.54, 1.807) is 5.19 Å². The number of fused-ring (bicyclic) bond motifs is 8. The maximum atomic E-state index is 6.57. The van der Waals surface area contributed by atoms with Gasteiger partial charge in [0, 0.05) is 16.3 Å². The largest absolute Gasteiger partial charge is 0.455 e. The predicted molar refractivity (Wildman–Crippen MR) is 148 cm³/mol. The molecule has 6 aromatic rings. The monoisotopic (exact) mass is 469 g/mol. The molecule has 1 aliphatic rings. The van der Waals surface area contributed by atoms with Crippen molar-refractivity contribution in [2.75, 3.05) is 0 Å². The van der Waals surface area contributed by atoms with Crippen LogP contribution >= 0.6 is 0 Å². The van der Waals surface area contributed by atoms with Crippen molar-refractivity contribution in [2.24, 2.45) is 7.05 Å². The maximum absolute atomic E-state index is 6.57. The van der Waals surface area contributed by atoms with Gasteiger partial charge in [-0.15, -0.1) is 0 Å². The summed E-state index contributed by atoms with van der Waals surface area (Å²) >= 11 is 0. The van der Waals surface area contributed by atoms with E-state index in [0.717, 1.165) is 11.2 Å². The lowest BCUT2D eigenvalue weighted by Gasteiger charge is -2.16. The van der Waals surface area contributed by atoms with Crippen molar-refractivity contribution in [1.82, 2.24) is 0 Å². The zero-order valence-corrected chi connectivity index (χ0v) is 21.8. The van der Waals surface area contributed by atoms with Crippen molar-refractivity contribution in [1.29, 1.82) is 0 Å². The van der Waals surface area contributed by atoms with Crippen LogP contribution in [0.1, 0.15) is 16.7 Å². The smallest absolute Gasteiger partial charge is 0.224 e. The zero-order valence-electron chi connectivity index (χ0n) is 20.8. The van der Waals surface area contributed by atoms with Gasteiger partial charge in [-0.1, -0.05) is 55.1 Å². The Labute approximate surface area is 207 Å². The molecule has 0 atom stereocenters. The summed E-state index contributed by atoms with van der Waals surface area (Å²) in [6.07, 6.45) is 2.31. The van der Waals surface area contributed by atoms with Crippen molar-refractivity contribution in [3.8, 4) is 22.4 Å². The Hall–Kier alpha value is -3.69. The van der Waals surface area contributed by atoms with Gasteiger partial charge in [-0.25, -0.2) is 4.57 Å². The van der Waals surface area contributed by atoms with E-state index in [2.05, 4.69) is 112 Å². The molecule has 3 heteroatoms. The van der Waals surface area contributed by atoms with E-state index in [4.69, 9.17) is 4.42 Å². The van der Waals surface area contributed by atoms with Crippen molar-refractivity contribution in [3.63, 3.8) is 0 Å². The van der Waals surface area contributed by atoms with Gasteiger partial charge in [0.15, 0.2) is 6.20 Å². The third-order valence-corrected chi connectivity index (χ3v) is 10.5. The number of para-hydroxylation sites is 1. The van der Waals surface area contributed by atoms with Crippen LogP contribution in [0.25, 0.3) is 55.1 Å². The van der Waals surface area contributed by atoms with Crippen LogP contribution in [0.3, 0.4) is 0 Å². The van der Waals surface area contributed by atoms with Gasteiger partial charge in [-0.05, 0) is 77.0 Å². The lowest BCUT2D eigenvalue weighted by Crippen LogP contribution is -2.37. The van der Waals surface area contributed by atoms with Crippen molar-refractivity contribution in [3.05, 3.63) is 89.6 Å². The lowest BCUT2D eigenvalue weighted by molar-refractivity contribution is -0.659. The van der Waals surface area contributed by atoms with E-state index in [9.17, 15) is 0 Å². The van der Waals surface area contributed by atoms with Gasteiger partial charge in [-0.3, -0.25) is 0 Å². The van der Waals surface area contributed by atoms with Gasteiger partial charge in [0.1, 0.15) is 27.0 Å². The highest BCUT2D eigenvalue weighted by Gasteiger charge is 2.32. The molecule has 0 bridgehead atoms. The first-order chi connectivity index (χ1) is 17.0. The second kappa shape index (κ2) is 7.16. The second-order valence-corrected chi connectivity index (χ2v) is 12.3. The van der Waals surface area contributed by atoms with E-state index in [1.165, 1.54) is 65.8 Å². The lowest BCUT2D eigenvalue weighted by atomic mass is 9.92. The standard InChI is InChI=1S/C32H27NOSi/c1-18-16-25-21-10-6-8-12-26(21)34-31(25)29(20(18)3)30-24-15-14-23-22-11-7-9-13-27(22)35(5)32(23)28(24)19(2)17-33(30)4/h6-17H,1-5H3/q+1. The van der Waals surface area contributed by atoms with E-state index < -0.39 is 8.80 Å². The SMILES string of the molecule is Cc1cc2c(oc3ccccc32)c(-c2c3ccc4c(c3c(C)c[n+]2C)[Si](C)c2ccccc2-4)c1C. The second-order valence-electron chi connectivity index (χ2n) is 10.0. The Morgan fingerprint density at radius 2 is 1.54 bits per heavy atom. The summed E-state index contributed by atoms with van der Waals surface area (Å²) in [5, 5.41) is 8.20. The molecule has 0 saturated carbocycles. The molecule has 0 spiro atoms. The molecule has 0 amide bonds. The minimum absolute atomic E-state index is 0.841. The van der Waals surface area contributed by atoms with Crippen molar-refractivity contribution in [2.45, 2.75) is 27.3 Å². The highest BCUT2D eigenvalue weighted by molar-refractivity contribution is 6.90. The van der Waals surface area contributed by atoms with Crippen LogP contribution in [-0.2, 0) is 7.05 Å². The van der Waals surface area contributed by atoms with Crippen LogP contribution < -0.4 is 14.9 Å². The van der Waals surface area contributed by atoms with Crippen molar-refractivity contribution >= 4 is 51.9 Å². The van der Waals surface area contributed by atoms with Gasteiger partial charge < -0.3 is 4.42 Å². The number of aryl methyl sites for hydroxylation is 3. The molecule has 4 aromatic carbocycles. The average Bonchev–Trinajstić information content (AvgIpc) is 3.36. The van der Waals surface area contributed by atoms with Crippen molar-refractivity contribution < 1.29 is 8.98 Å². The van der Waals surface area contributed by atoms with Crippen LogP contribution in [0.15, 0.2) is 77.3 Å². The first-order valence-electron chi connectivity index (χ1n) is 12.3. The van der Waals surface area contributed by atoms with Crippen LogP contribution in [-0.4, -0.2) is 8.80 Å². The summed E-state index contributed by atoms with van der Waals surface area (Å²) in [7, 11) is 1.34. The minimum atomic E-state index is -0.841. The van der Waals surface area contributed by atoms with Gasteiger partial charge in [0.25, 0.3) is 0 Å². The maximum Gasteiger partial charge on any atom is 0.224 e. The molecule has 1 radical (unpaired) electrons. The Morgan fingerprint density at radius 1 is 0.771 bits per heavy atom. The molecule has 35 heavy (non-hydrogen) atoms. The molecular weight excluding hydrogens is 442 g/mol. The van der Waals surface area contributed by atoms with E-state index in [1.807, 2.05) is 0 Å². The summed E-state index contributed by atoms with van der Waals surface area (Å²) in [6, 6.07) is 24.4. The first-order valence-corrected chi connectivity index (χ1v) is 14.3. The Kier molecular flexibility index (Phi) is 4.22. The quantitative estimate of drug-likeness (QED) is 0.202. The molecule has 0 unspecified atom stereocenters. The highest BCUT2D eigenvalue weighted by atomic mass is 28.3. The van der Waals surface area contributed by atoms with E-state index in [0.29, 0.717) is 0 Å². The number of furan rings is 1. The van der Waals surface area contributed by atoms with Crippen LogP contribution in [0.2, 0.25) is 6.55 Å². The Morgan fingerprint density at radius 3 is 2.40 bits per heavy atom. The molecular formula is C32H27NOSi+. The molecule has 2 nitrogen and oxygen atoms in total. The summed E-state index contributed by atoms with van der Waals surface area (Å²) < 4.78 is 8.87. The molecule has 0 N–H and O–H groups in total. The summed E-state index contributed by atoms with van der Waals surface area (Å²) in [5.41, 5.74) is 11.1. The van der Waals surface area contributed by atoms with Crippen LogP contribution in [0, 0.1) is 20.8 Å². The number of rotatable bonds is 1. The number of benzene rings is 4. The number of aromatic nitrogens is 1. The predicted octanol–water partition coefficient (Wildman–Crippen LogP) is 6.38. The molecule has 2 aromatic heterocycles. The first kappa shape index (κ1) is 20.7. The summed E-state index contributed by atoms with van der Waals surface area (Å²) in [4.78, 5) is 0. The molecule has 7 rings (SSSR count). The number of hydrogen-bond acceptors (Lipinski definition) is 1. The normalized spacial score (nSPS) is 13.2. The third-order valence-electron chi connectivity index (χ3n) is 8.02. The molecule has 3 heterocycles. The summed E-state index contributed by atoms with van der Waals surface area (Å²) in [6.45, 7) is 9.18. The Balaban J connectivity index is 1.64. The Bertz CT molecular complexity index is 1860. The average molecular weight is 470 g/mol. The van der Waals surface area contributed by atoms with E-state index in [-0.39, 0.29) is 0 Å². The summed E-state index contributed by atoms with van der Waals surface area (Å²) in [5.74, 6) is 0. The molecule has 0 fully saturated rings. The number of nitrogens with zero attached hydrogens (tertiary/aromatic N) is 1. The third kappa shape index (κ3) is 2.67. The van der Waals surface area contributed by atoms with Gasteiger partial charge >= 0.3 is 0 Å². The number of hydrogen-bond donors (Lipinski definition) is 0. The molecule has 169 valence electrons. The van der Waals surface area contributed by atoms with Crippen LogP contribution in [0.4, 0.5) is 0 Å². The molecule has 0 saturated heterocycles. The topological polar surface area (TPSA) is 17.0 Å². The highest BCUT2D eigenvalue weighted by Crippen LogP contribution is 2.41. The fourth-order valence-electron chi connectivity index (χ4n) is 6.30. The molecule has 0 aliphatic carbocycles. The molecule has 1 aliphatic heterocycles. The van der Waals surface area contributed by atoms with E-state index >= 15 is 0 Å². The number of pyridine rings is 1. The fraction of sp³-hybridized carbons (Fsp3) is 0.156. The van der Waals surface area contributed by atoms with Crippen LogP contribution in [0.5, 0.6) is 0 Å². The van der Waals surface area contributed by atoms with Gasteiger partial charge in [0.05, 0.1) is 10.9 Å². The zero-order chi connectivity index (χ0) is 24.0. The fourth-order valence-corrected chi connectivity index (χ4v) is 8.86. The van der Waals surface area contributed by atoms with Gasteiger partial charge in [0.2, 0.25) is 5.69 Å². The minimum Gasteiger partial charge on any atom is -0.455 e.